The maximum Gasteiger partial charge on any atom is 0.198 e. The van der Waals surface area contributed by atoms with Crippen LogP contribution < -0.4 is 11.5 Å². The summed E-state index contributed by atoms with van der Waals surface area (Å²) in [6.07, 6.45) is 0. The van der Waals surface area contributed by atoms with E-state index in [1.54, 1.807) is 0 Å². The number of ether oxygens (including phenoxy) is 1. The van der Waals surface area contributed by atoms with Gasteiger partial charge in [0.05, 0.1) is 0 Å². The van der Waals surface area contributed by atoms with Crippen LogP contribution in [0.2, 0.25) is 0 Å². The van der Waals surface area contributed by atoms with Crippen molar-refractivity contribution < 1.29 is 4.74 Å². The van der Waals surface area contributed by atoms with Crippen LogP contribution in [-0.4, -0.2) is 16.2 Å². The van der Waals surface area contributed by atoms with Crippen molar-refractivity contribution in [1.82, 2.24) is 0 Å². The Morgan fingerprint density at radius 3 is 2.33 bits per heavy atom. The molecule has 4 N–H and O–H groups in total. The Morgan fingerprint density at radius 1 is 1.78 bits per heavy atom. The van der Waals surface area contributed by atoms with Crippen molar-refractivity contribution in [3.8, 4) is 0 Å². The lowest BCUT2D eigenvalue weighted by atomic mass is 10.6. The Kier molecular flexibility index (Phi) is 4.24. The molecule has 0 saturated carbocycles. The van der Waals surface area contributed by atoms with Gasteiger partial charge in [-0.1, -0.05) is 15.9 Å². The van der Waals surface area contributed by atoms with Gasteiger partial charge in [0.1, 0.15) is 4.95 Å². The summed E-state index contributed by atoms with van der Waals surface area (Å²) in [5, 5.41) is 0. The highest BCUT2D eigenvalue weighted by atomic mass is 79.9. The van der Waals surface area contributed by atoms with Gasteiger partial charge >= 0.3 is 0 Å². The molecule has 2 unspecified atom stereocenters. The maximum absolute atomic E-state index is 5.49. The Morgan fingerprint density at radius 2 is 2.22 bits per heavy atom. The lowest BCUT2D eigenvalue weighted by Crippen LogP contribution is -2.48. The number of alkyl halides is 2. The molecule has 0 bridgehead atoms. The molecule has 2 atom stereocenters. The molecule has 0 aromatic rings. The standard InChI is InChI=1S/C4H10Br2N2O/c1-2-9-4(6,8)3(5)7/h3H,2,7-8H2,1H3. The van der Waals surface area contributed by atoms with E-state index in [9.17, 15) is 0 Å². The van der Waals surface area contributed by atoms with Gasteiger partial charge in [-0.15, -0.1) is 0 Å². The second kappa shape index (κ2) is 3.88. The Labute approximate surface area is 71.4 Å². The van der Waals surface area contributed by atoms with Crippen LogP contribution in [0, 0.1) is 0 Å². The number of nitrogens with two attached hydrogens (primary N) is 2. The van der Waals surface area contributed by atoms with Crippen LogP contribution in [0.5, 0.6) is 0 Å². The Hall–Kier alpha value is 0.840. The fourth-order valence-corrected chi connectivity index (χ4v) is 0.662. The molecule has 0 heterocycles. The molecule has 0 aliphatic rings. The Bertz CT molecular complexity index is 86.6. The topological polar surface area (TPSA) is 61.3 Å². The van der Waals surface area contributed by atoms with Gasteiger partial charge in [0.25, 0.3) is 0 Å². The molecule has 0 amide bonds. The molecule has 0 rings (SSSR count). The minimum Gasteiger partial charge on any atom is -0.349 e. The molecular formula is C4H10Br2N2O. The molecule has 0 aromatic carbocycles. The number of hydrogen-bond acceptors (Lipinski definition) is 3. The fraction of sp³-hybridized carbons (Fsp3) is 1.00. The maximum atomic E-state index is 5.49. The summed E-state index contributed by atoms with van der Waals surface area (Å²) in [4.78, 5) is -0.398. The summed E-state index contributed by atoms with van der Waals surface area (Å²) in [7, 11) is 0. The van der Waals surface area contributed by atoms with E-state index < -0.39 is 9.59 Å². The first-order valence-corrected chi connectivity index (χ1v) is 4.23. The third-order valence-electron chi connectivity index (χ3n) is 0.742. The summed E-state index contributed by atoms with van der Waals surface area (Å²) < 4.78 is 4.07. The average Bonchev–Trinajstić information content (AvgIpc) is 1.65. The zero-order valence-electron chi connectivity index (χ0n) is 5.10. The quantitative estimate of drug-likeness (QED) is 0.447. The second-order valence-electron chi connectivity index (χ2n) is 1.53. The van der Waals surface area contributed by atoms with Crippen LogP contribution in [0.3, 0.4) is 0 Å². The molecule has 0 spiro atoms. The Balaban J connectivity index is 3.70. The van der Waals surface area contributed by atoms with Crippen molar-refractivity contribution in [2.75, 3.05) is 6.61 Å². The highest BCUT2D eigenvalue weighted by Crippen LogP contribution is 2.19. The van der Waals surface area contributed by atoms with Crippen LogP contribution in [0.4, 0.5) is 0 Å². The first kappa shape index (κ1) is 9.84. The predicted molar refractivity (Wildman–Crippen MR) is 44.4 cm³/mol. The normalized spacial score (nSPS) is 21.0. The van der Waals surface area contributed by atoms with Gasteiger partial charge in [-0.25, -0.2) is 0 Å². The van der Waals surface area contributed by atoms with Gasteiger partial charge in [-0.3, -0.25) is 5.73 Å². The number of hydrogen-bond donors (Lipinski definition) is 2. The molecule has 5 heteroatoms. The van der Waals surface area contributed by atoms with E-state index in [1.165, 1.54) is 0 Å². The van der Waals surface area contributed by atoms with Crippen molar-refractivity contribution in [1.29, 1.82) is 0 Å². The SMILES string of the molecule is CCOC(N)(Br)C(N)Br. The van der Waals surface area contributed by atoms with Crippen molar-refractivity contribution in [3.05, 3.63) is 0 Å². The van der Waals surface area contributed by atoms with E-state index in [2.05, 4.69) is 31.9 Å². The van der Waals surface area contributed by atoms with Crippen molar-refractivity contribution in [2.45, 2.75) is 16.5 Å². The largest absolute Gasteiger partial charge is 0.349 e. The van der Waals surface area contributed by atoms with Crippen molar-refractivity contribution >= 4 is 31.9 Å². The first-order chi connectivity index (χ1) is 4.00. The average molecular weight is 262 g/mol. The third kappa shape index (κ3) is 3.52. The minimum atomic E-state index is -0.943. The summed E-state index contributed by atoms with van der Waals surface area (Å²) in [5.41, 5.74) is 10.9. The van der Waals surface area contributed by atoms with Gasteiger partial charge in [0.15, 0.2) is 4.63 Å². The molecule has 0 aliphatic heterocycles. The predicted octanol–water partition coefficient (Wildman–Crippen LogP) is 0.710. The summed E-state index contributed by atoms with van der Waals surface area (Å²) in [5.74, 6) is 0. The molecule has 0 aromatic heterocycles. The van der Waals surface area contributed by atoms with Gasteiger partial charge in [0.2, 0.25) is 0 Å². The molecule has 0 aliphatic carbocycles. The summed E-state index contributed by atoms with van der Waals surface area (Å²) in [6.45, 7) is 2.37. The first-order valence-electron chi connectivity index (χ1n) is 2.52. The van der Waals surface area contributed by atoms with Gasteiger partial charge in [0, 0.05) is 6.61 Å². The van der Waals surface area contributed by atoms with Crippen LogP contribution in [0.1, 0.15) is 6.92 Å². The molecule has 0 radical (unpaired) electrons. The van der Waals surface area contributed by atoms with E-state index in [1.807, 2.05) is 6.92 Å². The molecule has 0 fully saturated rings. The molecule has 3 nitrogen and oxygen atoms in total. The second-order valence-corrected chi connectivity index (χ2v) is 3.76. The highest BCUT2D eigenvalue weighted by Gasteiger charge is 2.27. The zero-order chi connectivity index (χ0) is 7.49. The third-order valence-corrected chi connectivity index (χ3v) is 2.76. The molecular weight excluding hydrogens is 252 g/mol. The van der Waals surface area contributed by atoms with Crippen molar-refractivity contribution in [2.24, 2.45) is 11.5 Å². The monoisotopic (exact) mass is 260 g/mol. The van der Waals surface area contributed by atoms with Gasteiger partial charge < -0.3 is 10.5 Å². The van der Waals surface area contributed by atoms with Crippen LogP contribution >= 0.6 is 31.9 Å². The van der Waals surface area contributed by atoms with Crippen LogP contribution in [0.15, 0.2) is 0 Å². The van der Waals surface area contributed by atoms with Gasteiger partial charge in [-0.05, 0) is 22.9 Å². The van der Waals surface area contributed by atoms with E-state index in [0.29, 0.717) is 6.61 Å². The lowest BCUT2D eigenvalue weighted by Gasteiger charge is -2.24. The van der Waals surface area contributed by atoms with Crippen molar-refractivity contribution in [3.63, 3.8) is 0 Å². The minimum absolute atomic E-state index is 0.398. The molecule has 9 heavy (non-hydrogen) atoms. The van der Waals surface area contributed by atoms with E-state index in [0.717, 1.165) is 0 Å². The molecule has 56 valence electrons. The van der Waals surface area contributed by atoms with Crippen LogP contribution in [0.25, 0.3) is 0 Å². The number of rotatable bonds is 3. The van der Waals surface area contributed by atoms with Crippen LogP contribution in [-0.2, 0) is 4.74 Å². The highest BCUT2D eigenvalue weighted by molar-refractivity contribution is 9.12. The molecule has 0 saturated heterocycles. The smallest absolute Gasteiger partial charge is 0.198 e. The zero-order valence-corrected chi connectivity index (χ0v) is 8.28. The lowest BCUT2D eigenvalue weighted by molar-refractivity contribution is 0.0458. The fourth-order valence-electron chi connectivity index (χ4n) is 0.301. The summed E-state index contributed by atoms with van der Waals surface area (Å²) in [6, 6.07) is 0. The summed E-state index contributed by atoms with van der Waals surface area (Å²) >= 11 is 6.17. The van der Waals surface area contributed by atoms with E-state index in [4.69, 9.17) is 16.2 Å². The number of halogens is 2. The van der Waals surface area contributed by atoms with E-state index in [-0.39, 0.29) is 0 Å². The van der Waals surface area contributed by atoms with Gasteiger partial charge in [-0.2, -0.15) is 0 Å². The van der Waals surface area contributed by atoms with E-state index >= 15 is 0 Å².